The van der Waals surface area contributed by atoms with Gasteiger partial charge in [-0.05, 0) is 32.0 Å². The fourth-order valence-corrected chi connectivity index (χ4v) is 3.07. The smallest absolute Gasteiger partial charge is 0.139 e. The molecular weight excluding hydrogens is 276 g/mol. The second-order valence-electron chi connectivity index (χ2n) is 5.91. The third-order valence-electron chi connectivity index (χ3n) is 4.37. The summed E-state index contributed by atoms with van der Waals surface area (Å²) in [5.74, 6) is 0. The van der Waals surface area contributed by atoms with E-state index in [0.717, 1.165) is 40.9 Å². The molecule has 0 amide bonds. The monoisotopic (exact) mass is 296 g/mol. The van der Waals surface area contributed by atoms with E-state index < -0.39 is 0 Å². The lowest BCUT2D eigenvalue weighted by atomic mass is 10.1. The van der Waals surface area contributed by atoms with Crippen LogP contribution in [0.15, 0.2) is 30.9 Å². The Balaban J connectivity index is 1.52. The first-order valence-electron chi connectivity index (χ1n) is 7.77. The van der Waals surface area contributed by atoms with E-state index >= 15 is 0 Å². The van der Waals surface area contributed by atoms with Gasteiger partial charge in [0.25, 0.3) is 0 Å². The van der Waals surface area contributed by atoms with Gasteiger partial charge in [-0.15, -0.1) is 0 Å². The molecule has 0 unspecified atom stereocenters. The molecule has 4 heterocycles. The molecular formula is C16H20N6. The van der Waals surface area contributed by atoms with E-state index in [1.807, 2.05) is 17.1 Å². The van der Waals surface area contributed by atoms with Crippen LogP contribution in [0.2, 0.25) is 0 Å². The number of likely N-dealkylation sites (tertiary alicyclic amines) is 1. The molecule has 0 aliphatic carbocycles. The lowest BCUT2D eigenvalue weighted by Gasteiger charge is -2.13. The number of pyridine rings is 1. The minimum Gasteiger partial charge on any atom is -0.397 e. The van der Waals surface area contributed by atoms with Crippen molar-refractivity contribution in [2.45, 2.75) is 19.4 Å². The average molecular weight is 296 g/mol. The highest BCUT2D eigenvalue weighted by Gasteiger charge is 2.11. The summed E-state index contributed by atoms with van der Waals surface area (Å²) < 4.78 is 2.01. The van der Waals surface area contributed by atoms with Crippen molar-refractivity contribution in [3.05, 3.63) is 30.9 Å². The topological polar surface area (TPSA) is 75.8 Å². The summed E-state index contributed by atoms with van der Waals surface area (Å²) >= 11 is 0. The summed E-state index contributed by atoms with van der Waals surface area (Å²) in [6.07, 6.45) is 10.3. The molecule has 0 aromatic carbocycles. The molecule has 4 rings (SSSR count). The van der Waals surface area contributed by atoms with Crippen LogP contribution in [0.4, 0.5) is 5.69 Å². The summed E-state index contributed by atoms with van der Waals surface area (Å²) in [5, 5.41) is 5.43. The number of aromatic nitrogens is 4. The number of hydrogen-bond acceptors (Lipinski definition) is 4. The molecule has 3 aromatic heterocycles. The number of nitrogen functional groups attached to an aromatic ring is 1. The maximum Gasteiger partial charge on any atom is 0.139 e. The van der Waals surface area contributed by atoms with Crippen molar-refractivity contribution in [1.82, 2.24) is 24.6 Å². The quantitative estimate of drug-likeness (QED) is 0.773. The average Bonchev–Trinajstić information content (AvgIpc) is 3.26. The summed E-state index contributed by atoms with van der Waals surface area (Å²) in [5.41, 5.74) is 9.63. The number of nitrogens with zero attached hydrogens (tertiary/aromatic N) is 4. The Kier molecular flexibility index (Phi) is 3.31. The molecule has 6 heteroatoms. The number of rotatable bonds is 4. The number of hydrogen-bond donors (Lipinski definition) is 2. The predicted octanol–water partition coefficient (Wildman–Crippen LogP) is 2.10. The molecule has 0 radical (unpaired) electrons. The van der Waals surface area contributed by atoms with Crippen molar-refractivity contribution >= 4 is 16.7 Å². The molecule has 0 saturated carbocycles. The van der Waals surface area contributed by atoms with Gasteiger partial charge in [0.05, 0.1) is 18.4 Å². The third-order valence-corrected chi connectivity index (χ3v) is 4.37. The van der Waals surface area contributed by atoms with Crippen LogP contribution in [0.1, 0.15) is 12.8 Å². The van der Waals surface area contributed by atoms with E-state index in [-0.39, 0.29) is 0 Å². The van der Waals surface area contributed by atoms with Crippen LogP contribution in [0.3, 0.4) is 0 Å². The van der Waals surface area contributed by atoms with Crippen molar-refractivity contribution < 1.29 is 0 Å². The van der Waals surface area contributed by atoms with Crippen LogP contribution >= 0.6 is 0 Å². The SMILES string of the molecule is Nc1c[nH]c2ncc(-c3cnn(CCN4CCCC4)c3)cc12. The number of nitrogens with two attached hydrogens (primary N) is 1. The van der Waals surface area contributed by atoms with E-state index in [0.29, 0.717) is 0 Å². The van der Waals surface area contributed by atoms with Crippen molar-refractivity contribution in [2.75, 3.05) is 25.4 Å². The van der Waals surface area contributed by atoms with Crippen molar-refractivity contribution in [3.63, 3.8) is 0 Å². The number of H-pyrrole nitrogens is 1. The van der Waals surface area contributed by atoms with Gasteiger partial charge in [0.2, 0.25) is 0 Å². The standard InChI is InChI=1S/C16H20N6/c17-15-10-19-16-14(15)7-12(8-18-16)13-9-20-22(11-13)6-5-21-3-1-2-4-21/h7-11H,1-6,17H2,(H,18,19). The zero-order valence-corrected chi connectivity index (χ0v) is 12.5. The van der Waals surface area contributed by atoms with Crippen LogP contribution in [-0.2, 0) is 6.54 Å². The van der Waals surface area contributed by atoms with E-state index in [1.165, 1.54) is 25.9 Å². The number of aromatic amines is 1. The van der Waals surface area contributed by atoms with E-state index in [4.69, 9.17) is 5.73 Å². The van der Waals surface area contributed by atoms with Crippen molar-refractivity contribution in [2.24, 2.45) is 0 Å². The molecule has 6 nitrogen and oxygen atoms in total. The fourth-order valence-electron chi connectivity index (χ4n) is 3.07. The molecule has 3 aromatic rings. The van der Waals surface area contributed by atoms with E-state index in [9.17, 15) is 0 Å². The zero-order chi connectivity index (χ0) is 14.9. The molecule has 1 fully saturated rings. The van der Waals surface area contributed by atoms with Crippen LogP contribution < -0.4 is 5.73 Å². The van der Waals surface area contributed by atoms with Crippen molar-refractivity contribution in [1.29, 1.82) is 0 Å². The predicted molar refractivity (Wildman–Crippen MR) is 87.4 cm³/mol. The number of nitrogens with one attached hydrogen (secondary N) is 1. The highest BCUT2D eigenvalue weighted by molar-refractivity contribution is 5.91. The Morgan fingerprint density at radius 3 is 2.86 bits per heavy atom. The minimum absolute atomic E-state index is 0.728. The Hall–Kier alpha value is -2.34. The highest BCUT2D eigenvalue weighted by atomic mass is 15.3. The normalized spacial score (nSPS) is 15.8. The molecule has 0 spiro atoms. The Morgan fingerprint density at radius 1 is 1.14 bits per heavy atom. The fraction of sp³-hybridized carbons (Fsp3) is 0.375. The molecule has 1 aliphatic heterocycles. The first-order valence-corrected chi connectivity index (χ1v) is 7.77. The van der Waals surface area contributed by atoms with E-state index in [1.54, 1.807) is 6.20 Å². The lowest BCUT2D eigenvalue weighted by Crippen LogP contribution is -2.24. The van der Waals surface area contributed by atoms with E-state index in [2.05, 4.69) is 32.2 Å². The highest BCUT2D eigenvalue weighted by Crippen LogP contribution is 2.25. The van der Waals surface area contributed by atoms with Crippen LogP contribution in [0.5, 0.6) is 0 Å². The zero-order valence-electron chi connectivity index (χ0n) is 12.5. The molecule has 22 heavy (non-hydrogen) atoms. The second kappa shape index (κ2) is 5.46. The van der Waals surface area contributed by atoms with Crippen LogP contribution in [0, 0.1) is 0 Å². The minimum atomic E-state index is 0.728. The third kappa shape index (κ3) is 2.46. The van der Waals surface area contributed by atoms with Gasteiger partial charge >= 0.3 is 0 Å². The molecule has 3 N–H and O–H groups in total. The molecule has 0 bridgehead atoms. The van der Waals surface area contributed by atoms with Gasteiger partial charge in [-0.1, -0.05) is 0 Å². The van der Waals surface area contributed by atoms with Gasteiger partial charge in [-0.3, -0.25) is 4.68 Å². The first-order chi connectivity index (χ1) is 10.8. The maximum absolute atomic E-state index is 5.95. The summed E-state index contributed by atoms with van der Waals surface area (Å²) in [6.45, 7) is 4.45. The second-order valence-corrected chi connectivity index (χ2v) is 5.91. The van der Waals surface area contributed by atoms with Crippen LogP contribution in [0.25, 0.3) is 22.2 Å². The summed E-state index contributed by atoms with van der Waals surface area (Å²) in [6, 6.07) is 2.07. The largest absolute Gasteiger partial charge is 0.397 e. The Morgan fingerprint density at radius 2 is 2.00 bits per heavy atom. The Bertz CT molecular complexity index is 781. The summed E-state index contributed by atoms with van der Waals surface area (Å²) in [7, 11) is 0. The van der Waals surface area contributed by atoms with Gasteiger partial charge in [-0.2, -0.15) is 5.10 Å². The first kappa shape index (κ1) is 13.3. The number of fused-ring (bicyclic) bond motifs is 1. The van der Waals surface area contributed by atoms with Crippen LogP contribution in [-0.4, -0.2) is 44.3 Å². The van der Waals surface area contributed by atoms with Crippen molar-refractivity contribution in [3.8, 4) is 11.1 Å². The molecule has 1 saturated heterocycles. The number of anilines is 1. The molecule has 114 valence electrons. The lowest BCUT2D eigenvalue weighted by molar-refractivity contribution is 0.316. The molecule has 0 atom stereocenters. The van der Waals surface area contributed by atoms with Gasteiger partial charge in [0.1, 0.15) is 5.65 Å². The maximum atomic E-state index is 5.95. The van der Waals surface area contributed by atoms with Gasteiger partial charge in [0, 0.05) is 41.6 Å². The Labute approximate surface area is 128 Å². The van der Waals surface area contributed by atoms with Gasteiger partial charge in [-0.25, -0.2) is 4.98 Å². The molecule has 1 aliphatic rings. The summed E-state index contributed by atoms with van der Waals surface area (Å²) in [4.78, 5) is 9.97. The van der Waals surface area contributed by atoms with Gasteiger partial charge in [0.15, 0.2) is 0 Å². The van der Waals surface area contributed by atoms with Gasteiger partial charge < -0.3 is 15.6 Å².